The zero-order chi connectivity index (χ0) is 13.4. The monoisotopic (exact) mass is 260 g/mol. The minimum atomic E-state index is -0.293. The molecule has 102 valence electrons. The standard InChI is InChI=1S/C15H20N2O2/c1-10-2-7-14(15(8-10)17(18)19)16-9-13(11-3-4-11)12-5-6-12/h2,7-8,11-13,16H,3-6,9H2,1H3. The van der Waals surface area contributed by atoms with Crippen LogP contribution < -0.4 is 5.32 Å². The summed E-state index contributed by atoms with van der Waals surface area (Å²) in [5.41, 5.74) is 1.80. The molecule has 2 aliphatic carbocycles. The van der Waals surface area contributed by atoms with Gasteiger partial charge in [0.1, 0.15) is 5.69 Å². The number of aryl methyl sites for hydroxylation is 1. The van der Waals surface area contributed by atoms with E-state index in [1.54, 1.807) is 6.07 Å². The number of nitro benzene ring substituents is 1. The molecule has 1 aromatic carbocycles. The number of hydrogen-bond acceptors (Lipinski definition) is 3. The predicted octanol–water partition coefficient (Wildman–Crippen LogP) is 3.75. The molecule has 1 aromatic rings. The molecule has 1 N–H and O–H groups in total. The average Bonchev–Trinajstić information content (AvgIpc) is 3.25. The highest BCUT2D eigenvalue weighted by atomic mass is 16.6. The van der Waals surface area contributed by atoms with Crippen LogP contribution in [0.15, 0.2) is 18.2 Å². The smallest absolute Gasteiger partial charge is 0.292 e. The van der Waals surface area contributed by atoms with Crippen molar-refractivity contribution in [3.8, 4) is 0 Å². The molecule has 0 aliphatic heterocycles. The van der Waals surface area contributed by atoms with E-state index in [4.69, 9.17) is 0 Å². The molecule has 0 unspecified atom stereocenters. The lowest BCUT2D eigenvalue weighted by molar-refractivity contribution is -0.384. The van der Waals surface area contributed by atoms with Crippen molar-refractivity contribution in [3.63, 3.8) is 0 Å². The minimum absolute atomic E-state index is 0.199. The summed E-state index contributed by atoms with van der Waals surface area (Å²) < 4.78 is 0. The summed E-state index contributed by atoms with van der Waals surface area (Å²) in [6.45, 7) is 2.77. The number of benzene rings is 1. The van der Waals surface area contributed by atoms with Crippen molar-refractivity contribution < 1.29 is 4.92 Å². The van der Waals surface area contributed by atoms with Gasteiger partial charge >= 0.3 is 0 Å². The van der Waals surface area contributed by atoms with Crippen molar-refractivity contribution in [3.05, 3.63) is 33.9 Å². The quantitative estimate of drug-likeness (QED) is 0.626. The maximum Gasteiger partial charge on any atom is 0.292 e. The largest absolute Gasteiger partial charge is 0.379 e. The summed E-state index contributed by atoms with van der Waals surface area (Å²) in [5.74, 6) is 2.45. The molecular formula is C15H20N2O2. The van der Waals surface area contributed by atoms with E-state index < -0.39 is 0 Å². The Balaban J connectivity index is 1.70. The fourth-order valence-electron chi connectivity index (χ4n) is 2.94. The molecule has 2 aliphatic rings. The third-order valence-electron chi connectivity index (χ3n) is 4.33. The average molecular weight is 260 g/mol. The van der Waals surface area contributed by atoms with Crippen molar-refractivity contribution in [2.24, 2.45) is 17.8 Å². The van der Waals surface area contributed by atoms with Crippen molar-refractivity contribution in [2.75, 3.05) is 11.9 Å². The van der Waals surface area contributed by atoms with Crippen LogP contribution in [-0.4, -0.2) is 11.5 Å². The minimum Gasteiger partial charge on any atom is -0.379 e. The third-order valence-corrected chi connectivity index (χ3v) is 4.33. The lowest BCUT2D eigenvalue weighted by Gasteiger charge is -2.17. The molecule has 0 spiro atoms. The van der Waals surface area contributed by atoms with Crippen LogP contribution in [0.3, 0.4) is 0 Å². The van der Waals surface area contributed by atoms with Crippen LogP contribution in [0.5, 0.6) is 0 Å². The van der Waals surface area contributed by atoms with Crippen LogP contribution in [0.1, 0.15) is 31.2 Å². The highest BCUT2D eigenvalue weighted by Crippen LogP contribution is 2.49. The zero-order valence-electron chi connectivity index (χ0n) is 11.3. The summed E-state index contributed by atoms with van der Waals surface area (Å²) in [5, 5.41) is 14.4. The fourth-order valence-corrected chi connectivity index (χ4v) is 2.94. The zero-order valence-corrected chi connectivity index (χ0v) is 11.3. The Morgan fingerprint density at radius 2 is 1.95 bits per heavy atom. The number of anilines is 1. The summed E-state index contributed by atoms with van der Waals surface area (Å²) in [6, 6.07) is 5.41. The SMILES string of the molecule is Cc1ccc(NCC(C2CC2)C2CC2)c([N+](=O)[O-])c1. The normalized spacial score (nSPS) is 18.6. The topological polar surface area (TPSA) is 55.2 Å². The molecular weight excluding hydrogens is 240 g/mol. The first-order valence-electron chi connectivity index (χ1n) is 7.14. The molecule has 0 heterocycles. The molecule has 0 amide bonds. The lowest BCUT2D eigenvalue weighted by atomic mass is 9.98. The van der Waals surface area contributed by atoms with Crippen LogP contribution in [0, 0.1) is 34.8 Å². The molecule has 0 saturated heterocycles. The van der Waals surface area contributed by atoms with Gasteiger partial charge in [-0.2, -0.15) is 0 Å². The molecule has 0 atom stereocenters. The highest BCUT2D eigenvalue weighted by Gasteiger charge is 2.41. The summed E-state index contributed by atoms with van der Waals surface area (Å²) in [4.78, 5) is 10.8. The van der Waals surface area contributed by atoms with Gasteiger partial charge in [-0.3, -0.25) is 10.1 Å². The Morgan fingerprint density at radius 3 is 2.47 bits per heavy atom. The van der Waals surface area contributed by atoms with E-state index in [9.17, 15) is 10.1 Å². The van der Waals surface area contributed by atoms with Crippen molar-refractivity contribution in [1.29, 1.82) is 0 Å². The van der Waals surface area contributed by atoms with Crippen LogP contribution in [0.4, 0.5) is 11.4 Å². The Kier molecular flexibility index (Phi) is 3.17. The molecule has 4 heteroatoms. The second-order valence-electron chi connectivity index (χ2n) is 6.00. The van der Waals surface area contributed by atoms with Crippen LogP contribution >= 0.6 is 0 Å². The first-order valence-corrected chi connectivity index (χ1v) is 7.14. The van der Waals surface area contributed by atoms with E-state index >= 15 is 0 Å². The van der Waals surface area contributed by atoms with Gasteiger partial charge in [0.2, 0.25) is 0 Å². The fraction of sp³-hybridized carbons (Fsp3) is 0.600. The molecule has 0 aromatic heterocycles. The third kappa shape index (κ3) is 2.88. The van der Waals surface area contributed by atoms with E-state index in [2.05, 4.69) is 5.32 Å². The molecule has 3 rings (SSSR count). The summed E-state index contributed by atoms with van der Waals surface area (Å²) in [6.07, 6.45) is 5.38. The van der Waals surface area contributed by atoms with Gasteiger partial charge in [0, 0.05) is 12.6 Å². The number of hydrogen-bond donors (Lipinski definition) is 1. The van der Waals surface area contributed by atoms with Gasteiger partial charge in [-0.25, -0.2) is 0 Å². The molecule has 0 radical (unpaired) electrons. The van der Waals surface area contributed by atoms with Gasteiger partial charge in [0.25, 0.3) is 5.69 Å². The summed E-state index contributed by atoms with van der Waals surface area (Å²) >= 11 is 0. The second kappa shape index (κ2) is 4.83. The number of rotatable bonds is 6. The van der Waals surface area contributed by atoms with Gasteiger partial charge < -0.3 is 5.32 Å². The van der Waals surface area contributed by atoms with E-state index in [1.165, 1.54) is 25.7 Å². The highest BCUT2D eigenvalue weighted by molar-refractivity contribution is 5.62. The molecule has 2 fully saturated rings. The maximum atomic E-state index is 11.1. The Hall–Kier alpha value is -1.58. The molecule has 4 nitrogen and oxygen atoms in total. The molecule has 19 heavy (non-hydrogen) atoms. The maximum absolute atomic E-state index is 11.1. The van der Waals surface area contributed by atoms with Gasteiger partial charge in [0.15, 0.2) is 0 Å². The van der Waals surface area contributed by atoms with Crippen molar-refractivity contribution in [1.82, 2.24) is 0 Å². The first kappa shape index (κ1) is 12.5. The molecule has 2 saturated carbocycles. The van der Waals surface area contributed by atoms with Crippen molar-refractivity contribution in [2.45, 2.75) is 32.6 Å². The van der Waals surface area contributed by atoms with E-state index in [0.29, 0.717) is 5.69 Å². The van der Waals surface area contributed by atoms with Gasteiger partial charge in [-0.1, -0.05) is 6.07 Å². The Morgan fingerprint density at radius 1 is 1.32 bits per heavy atom. The van der Waals surface area contributed by atoms with E-state index in [0.717, 1.165) is 29.9 Å². The molecule has 0 bridgehead atoms. The summed E-state index contributed by atoms with van der Waals surface area (Å²) in [7, 11) is 0. The number of nitrogens with one attached hydrogen (secondary N) is 1. The van der Waals surface area contributed by atoms with Gasteiger partial charge in [-0.15, -0.1) is 0 Å². The Bertz CT molecular complexity index is 481. The lowest BCUT2D eigenvalue weighted by Crippen LogP contribution is -2.18. The van der Waals surface area contributed by atoms with Gasteiger partial charge in [0.05, 0.1) is 4.92 Å². The second-order valence-corrected chi connectivity index (χ2v) is 6.00. The number of nitrogens with zero attached hydrogens (tertiary/aromatic N) is 1. The van der Waals surface area contributed by atoms with E-state index in [1.807, 2.05) is 19.1 Å². The Labute approximate surface area is 113 Å². The van der Waals surface area contributed by atoms with Crippen molar-refractivity contribution >= 4 is 11.4 Å². The van der Waals surface area contributed by atoms with Crippen LogP contribution in [0.2, 0.25) is 0 Å². The van der Waals surface area contributed by atoms with Crippen LogP contribution in [-0.2, 0) is 0 Å². The predicted molar refractivity (Wildman–Crippen MR) is 75.3 cm³/mol. The van der Waals surface area contributed by atoms with Gasteiger partial charge in [-0.05, 0) is 62.0 Å². The number of nitro groups is 1. The van der Waals surface area contributed by atoms with Crippen LogP contribution in [0.25, 0.3) is 0 Å². The first-order chi connectivity index (χ1) is 9.15. The van der Waals surface area contributed by atoms with E-state index in [-0.39, 0.29) is 10.6 Å².